The molecule has 1 aromatic carbocycles. The summed E-state index contributed by atoms with van der Waals surface area (Å²) in [5.74, 6) is 1.09. The molecule has 108 valence electrons. The van der Waals surface area contributed by atoms with Crippen LogP contribution in [0.3, 0.4) is 0 Å². The Labute approximate surface area is 121 Å². The van der Waals surface area contributed by atoms with Crippen molar-refractivity contribution in [1.82, 2.24) is 0 Å². The molecule has 0 spiro atoms. The molecule has 0 aliphatic heterocycles. The summed E-state index contributed by atoms with van der Waals surface area (Å²) in [6.45, 7) is 1.60. The standard InChI is InChI=1S/C13H19BrO5/c1-13(15,12(18-4)19-5)8-6-7-9(16-2)10(14)11(8)17-3/h6-7,12,15H,1-5H3. The molecule has 0 heterocycles. The van der Waals surface area contributed by atoms with Crippen LogP contribution in [-0.2, 0) is 15.1 Å². The van der Waals surface area contributed by atoms with E-state index in [2.05, 4.69) is 15.9 Å². The van der Waals surface area contributed by atoms with Gasteiger partial charge in [0.2, 0.25) is 0 Å². The summed E-state index contributed by atoms with van der Waals surface area (Å²) in [6, 6.07) is 3.45. The number of benzene rings is 1. The average molecular weight is 335 g/mol. The quantitative estimate of drug-likeness (QED) is 0.809. The lowest BCUT2D eigenvalue weighted by molar-refractivity contribution is -0.213. The van der Waals surface area contributed by atoms with Gasteiger partial charge in [0.15, 0.2) is 6.29 Å². The fourth-order valence-electron chi connectivity index (χ4n) is 1.98. The minimum Gasteiger partial charge on any atom is -0.495 e. The zero-order chi connectivity index (χ0) is 14.6. The van der Waals surface area contributed by atoms with Crippen molar-refractivity contribution in [3.05, 3.63) is 22.2 Å². The second-order valence-corrected chi connectivity index (χ2v) is 4.91. The van der Waals surface area contributed by atoms with Gasteiger partial charge in [-0.25, -0.2) is 0 Å². The topological polar surface area (TPSA) is 57.2 Å². The summed E-state index contributed by atoms with van der Waals surface area (Å²) in [5, 5.41) is 10.7. The van der Waals surface area contributed by atoms with Crippen LogP contribution in [0.25, 0.3) is 0 Å². The van der Waals surface area contributed by atoms with Crippen LogP contribution in [0.15, 0.2) is 16.6 Å². The molecule has 1 N–H and O–H groups in total. The third-order valence-electron chi connectivity index (χ3n) is 2.92. The SMILES string of the molecule is COc1ccc(C(C)(O)C(OC)OC)c(OC)c1Br. The molecule has 1 atom stereocenters. The Kier molecular flexibility index (Phi) is 5.61. The van der Waals surface area contributed by atoms with E-state index in [1.807, 2.05) is 0 Å². The highest BCUT2D eigenvalue weighted by molar-refractivity contribution is 9.10. The molecule has 19 heavy (non-hydrogen) atoms. The van der Waals surface area contributed by atoms with E-state index in [1.165, 1.54) is 21.3 Å². The number of halogens is 1. The molecule has 0 amide bonds. The van der Waals surface area contributed by atoms with E-state index < -0.39 is 11.9 Å². The largest absolute Gasteiger partial charge is 0.495 e. The second-order valence-electron chi connectivity index (χ2n) is 4.11. The highest BCUT2D eigenvalue weighted by Gasteiger charge is 2.38. The van der Waals surface area contributed by atoms with Gasteiger partial charge in [0.05, 0.1) is 14.2 Å². The lowest BCUT2D eigenvalue weighted by atomic mass is 9.94. The van der Waals surface area contributed by atoms with Gasteiger partial charge >= 0.3 is 0 Å². The van der Waals surface area contributed by atoms with Gasteiger partial charge in [-0.2, -0.15) is 0 Å². The van der Waals surface area contributed by atoms with Crippen molar-refractivity contribution >= 4 is 15.9 Å². The molecular weight excluding hydrogens is 316 g/mol. The minimum absolute atomic E-state index is 0.475. The van der Waals surface area contributed by atoms with E-state index in [0.717, 1.165) is 0 Å². The molecule has 0 aromatic heterocycles. The monoisotopic (exact) mass is 334 g/mol. The highest BCUT2D eigenvalue weighted by atomic mass is 79.9. The minimum atomic E-state index is -1.37. The first-order valence-corrected chi connectivity index (χ1v) is 6.42. The molecule has 0 aliphatic rings. The third kappa shape index (κ3) is 3.02. The van der Waals surface area contributed by atoms with Crippen molar-refractivity contribution in [1.29, 1.82) is 0 Å². The predicted octanol–water partition coefficient (Wildman–Crippen LogP) is 2.29. The highest BCUT2D eigenvalue weighted by Crippen LogP contribution is 2.42. The van der Waals surface area contributed by atoms with E-state index in [0.29, 0.717) is 21.5 Å². The van der Waals surface area contributed by atoms with E-state index in [4.69, 9.17) is 18.9 Å². The second kappa shape index (κ2) is 6.56. The van der Waals surface area contributed by atoms with E-state index >= 15 is 0 Å². The van der Waals surface area contributed by atoms with Crippen molar-refractivity contribution < 1.29 is 24.1 Å². The van der Waals surface area contributed by atoms with Crippen LogP contribution in [0.2, 0.25) is 0 Å². The molecule has 0 fully saturated rings. The molecule has 0 saturated heterocycles. The Morgan fingerprint density at radius 3 is 2.11 bits per heavy atom. The van der Waals surface area contributed by atoms with Gasteiger partial charge in [-0.3, -0.25) is 0 Å². The predicted molar refractivity (Wildman–Crippen MR) is 74.6 cm³/mol. The van der Waals surface area contributed by atoms with Gasteiger partial charge in [0, 0.05) is 19.8 Å². The lowest BCUT2D eigenvalue weighted by Gasteiger charge is -2.32. The van der Waals surface area contributed by atoms with E-state index in [1.54, 1.807) is 26.2 Å². The van der Waals surface area contributed by atoms with Crippen molar-refractivity contribution in [3.63, 3.8) is 0 Å². The average Bonchev–Trinajstić information content (AvgIpc) is 2.39. The fourth-order valence-corrected chi connectivity index (χ4v) is 2.65. The summed E-state index contributed by atoms with van der Waals surface area (Å²) < 4.78 is 21.5. The van der Waals surface area contributed by atoms with Crippen molar-refractivity contribution in [3.8, 4) is 11.5 Å². The van der Waals surface area contributed by atoms with Crippen LogP contribution < -0.4 is 9.47 Å². The zero-order valence-electron chi connectivity index (χ0n) is 11.7. The molecule has 6 heteroatoms. The van der Waals surface area contributed by atoms with Crippen molar-refractivity contribution in [2.75, 3.05) is 28.4 Å². The number of ether oxygens (including phenoxy) is 4. The normalized spacial score (nSPS) is 14.3. The maximum absolute atomic E-state index is 10.7. The van der Waals surface area contributed by atoms with Gasteiger partial charge in [-0.1, -0.05) is 0 Å². The van der Waals surface area contributed by atoms with Crippen LogP contribution in [0.4, 0.5) is 0 Å². The number of methoxy groups -OCH3 is 4. The Morgan fingerprint density at radius 2 is 1.68 bits per heavy atom. The molecule has 1 rings (SSSR count). The number of hydrogen-bond acceptors (Lipinski definition) is 5. The fraction of sp³-hybridized carbons (Fsp3) is 0.538. The van der Waals surface area contributed by atoms with Crippen LogP contribution in [0.5, 0.6) is 11.5 Å². The number of aliphatic hydroxyl groups is 1. The van der Waals surface area contributed by atoms with Gasteiger partial charge in [-0.05, 0) is 35.0 Å². The smallest absolute Gasteiger partial charge is 0.189 e. The summed E-state index contributed by atoms with van der Waals surface area (Å²) in [5.41, 5.74) is -0.833. The molecule has 5 nitrogen and oxygen atoms in total. The third-order valence-corrected chi connectivity index (χ3v) is 3.67. The van der Waals surface area contributed by atoms with Crippen LogP contribution in [-0.4, -0.2) is 39.8 Å². The molecule has 0 radical (unpaired) electrons. The maximum atomic E-state index is 10.7. The summed E-state index contributed by atoms with van der Waals surface area (Å²) in [7, 11) is 6.01. The van der Waals surface area contributed by atoms with Gasteiger partial charge in [0.1, 0.15) is 21.6 Å². The summed E-state index contributed by atoms with van der Waals surface area (Å²) in [4.78, 5) is 0. The Hall–Kier alpha value is -0.820. The molecule has 0 saturated carbocycles. The first-order chi connectivity index (χ1) is 8.93. The van der Waals surface area contributed by atoms with E-state index in [-0.39, 0.29) is 0 Å². The Balaban J connectivity index is 3.37. The molecule has 0 bridgehead atoms. The molecule has 1 aromatic rings. The first-order valence-electron chi connectivity index (χ1n) is 5.62. The maximum Gasteiger partial charge on any atom is 0.189 e. The molecular formula is C13H19BrO5. The molecule has 1 unspecified atom stereocenters. The number of rotatable bonds is 6. The summed E-state index contributed by atoms with van der Waals surface area (Å²) >= 11 is 3.40. The molecule has 0 aliphatic carbocycles. The summed E-state index contributed by atoms with van der Waals surface area (Å²) in [6.07, 6.45) is -0.818. The Bertz CT molecular complexity index is 429. The van der Waals surface area contributed by atoms with Gasteiger partial charge < -0.3 is 24.1 Å². The van der Waals surface area contributed by atoms with Crippen LogP contribution >= 0.6 is 15.9 Å². The van der Waals surface area contributed by atoms with Gasteiger partial charge in [0.25, 0.3) is 0 Å². The van der Waals surface area contributed by atoms with E-state index in [9.17, 15) is 5.11 Å². The van der Waals surface area contributed by atoms with Crippen LogP contribution in [0.1, 0.15) is 12.5 Å². The number of hydrogen-bond donors (Lipinski definition) is 1. The lowest BCUT2D eigenvalue weighted by Crippen LogP contribution is -2.39. The Morgan fingerprint density at radius 1 is 1.11 bits per heavy atom. The van der Waals surface area contributed by atoms with Crippen molar-refractivity contribution in [2.24, 2.45) is 0 Å². The zero-order valence-corrected chi connectivity index (χ0v) is 13.3. The first kappa shape index (κ1) is 16.2. The van der Waals surface area contributed by atoms with Crippen LogP contribution in [0, 0.1) is 0 Å². The van der Waals surface area contributed by atoms with Gasteiger partial charge in [-0.15, -0.1) is 0 Å². The van der Waals surface area contributed by atoms with Crippen molar-refractivity contribution in [2.45, 2.75) is 18.8 Å².